The molecule has 0 aliphatic rings. The average Bonchev–Trinajstić information content (AvgIpc) is 3.60. The Labute approximate surface area is 323 Å². The zero-order valence-corrected chi connectivity index (χ0v) is 29.9. The van der Waals surface area contributed by atoms with Crippen molar-refractivity contribution < 1.29 is 0 Å². The minimum Gasteiger partial charge on any atom is -0.310 e. The Morgan fingerprint density at radius 3 is 1.61 bits per heavy atom. The van der Waals surface area contributed by atoms with Crippen molar-refractivity contribution in [2.24, 2.45) is 0 Å². The summed E-state index contributed by atoms with van der Waals surface area (Å²) in [7, 11) is 0. The smallest absolute Gasteiger partial charge is 0.160 e. The Morgan fingerprint density at radius 2 is 0.982 bits per heavy atom. The largest absolute Gasteiger partial charge is 0.310 e. The maximum atomic E-state index is 10.7. The van der Waals surface area contributed by atoms with E-state index in [9.17, 15) is 15.8 Å². The molecule has 0 saturated heterocycles. The number of anilines is 3. The summed E-state index contributed by atoms with van der Waals surface area (Å²) in [6, 6.07) is 64.4. The molecule has 2 aromatic heterocycles. The number of fused-ring (bicyclic) bond motifs is 3. The molecule has 0 N–H and O–H groups in total. The molecule has 9 rings (SSSR count). The van der Waals surface area contributed by atoms with Crippen LogP contribution in [0.4, 0.5) is 17.1 Å². The van der Waals surface area contributed by atoms with Gasteiger partial charge in [-0.2, -0.15) is 15.8 Å². The summed E-state index contributed by atoms with van der Waals surface area (Å²) in [5.41, 5.74) is 11.1. The van der Waals surface area contributed by atoms with E-state index in [-0.39, 0.29) is 0 Å². The van der Waals surface area contributed by atoms with Crippen molar-refractivity contribution in [2.45, 2.75) is 0 Å². The fourth-order valence-electron chi connectivity index (χ4n) is 7.22. The van der Waals surface area contributed by atoms with Gasteiger partial charge in [0.15, 0.2) is 5.82 Å². The third-order valence-corrected chi connectivity index (χ3v) is 9.90. The van der Waals surface area contributed by atoms with Gasteiger partial charge in [-0.1, -0.05) is 72.8 Å². The summed E-state index contributed by atoms with van der Waals surface area (Å²) in [6.07, 6.45) is 0. The second-order valence-electron chi connectivity index (χ2n) is 13.2. The summed E-state index contributed by atoms with van der Waals surface area (Å²) in [4.78, 5) is 12.1. The summed E-state index contributed by atoms with van der Waals surface area (Å²) in [6.45, 7) is 0. The van der Waals surface area contributed by atoms with Crippen LogP contribution in [0.15, 0.2) is 176 Å². The molecule has 7 nitrogen and oxygen atoms in total. The van der Waals surface area contributed by atoms with Crippen LogP contribution >= 0.6 is 0 Å². The molecule has 0 bridgehead atoms. The van der Waals surface area contributed by atoms with Crippen LogP contribution in [0.5, 0.6) is 0 Å². The van der Waals surface area contributed by atoms with Gasteiger partial charge in [-0.3, -0.25) is 0 Å². The molecule has 0 aliphatic heterocycles. The number of nitriles is 3. The van der Waals surface area contributed by atoms with Gasteiger partial charge in [0.1, 0.15) is 6.07 Å². The lowest BCUT2D eigenvalue weighted by Gasteiger charge is -2.25. The van der Waals surface area contributed by atoms with Crippen LogP contribution in [0.3, 0.4) is 0 Å². The molecule has 56 heavy (non-hydrogen) atoms. The zero-order valence-electron chi connectivity index (χ0n) is 29.9. The third kappa shape index (κ3) is 6.06. The molecule has 0 fully saturated rings. The summed E-state index contributed by atoms with van der Waals surface area (Å²) >= 11 is 0. The van der Waals surface area contributed by atoms with Gasteiger partial charge < -0.3 is 9.47 Å². The number of nitrogens with zero attached hydrogens (tertiary/aromatic N) is 7. The second kappa shape index (κ2) is 14.3. The fourth-order valence-corrected chi connectivity index (χ4v) is 7.22. The number of hydrogen-bond acceptors (Lipinski definition) is 6. The van der Waals surface area contributed by atoms with E-state index in [1.807, 2.05) is 97.1 Å². The van der Waals surface area contributed by atoms with E-state index in [0.717, 1.165) is 61.2 Å². The first-order chi connectivity index (χ1) is 27.6. The van der Waals surface area contributed by atoms with Crippen LogP contribution in [-0.4, -0.2) is 14.5 Å². The molecular formula is C49H29N7. The van der Waals surface area contributed by atoms with Crippen molar-refractivity contribution >= 4 is 38.9 Å². The van der Waals surface area contributed by atoms with E-state index < -0.39 is 0 Å². The van der Waals surface area contributed by atoms with Crippen molar-refractivity contribution in [2.75, 3.05) is 4.90 Å². The first kappa shape index (κ1) is 33.5. The highest BCUT2D eigenvalue weighted by Crippen LogP contribution is 2.40. The van der Waals surface area contributed by atoms with Gasteiger partial charge in [-0.15, -0.1) is 0 Å². The van der Waals surface area contributed by atoms with Crippen molar-refractivity contribution in [3.8, 4) is 57.8 Å². The maximum Gasteiger partial charge on any atom is 0.160 e. The quantitative estimate of drug-likeness (QED) is 0.163. The van der Waals surface area contributed by atoms with Gasteiger partial charge in [0.25, 0.3) is 0 Å². The van der Waals surface area contributed by atoms with Gasteiger partial charge in [0.05, 0.1) is 56.9 Å². The Kier molecular flexibility index (Phi) is 8.53. The molecule has 7 aromatic carbocycles. The topological polar surface area (TPSA) is 105 Å². The van der Waals surface area contributed by atoms with E-state index in [2.05, 4.69) is 82.3 Å². The van der Waals surface area contributed by atoms with Crippen LogP contribution < -0.4 is 4.90 Å². The predicted molar refractivity (Wildman–Crippen MR) is 222 cm³/mol. The van der Waals surface area contributed by atoms with E-state index in [1.54, 1.807) is 24.3 Å². The Morgan fingerprint density at radius 1 is 0.429 bits per heavy atom. The van der Waals surface area contributed by atoms with Crippen LogP contribution in [0, 0.1) is 34.0 Å². The Hall–Kier alpha value is -8.31. The van der Waals surface area contributed by atoms with E-state index in [4.69, 9.17) is 9.97 Å². The maximum absolute atomic E-state index is 10.7. The van der Waals surface area contributed by atoms with Crippen LogP contribution in [0.2, 0.25) is 0 Å². The molecule has 0 atom stereocenters. The van der Waals surface area contributed by atoms with Crippen molar-refractivity contribution in [1.82, 2.24) is 14.5 Å². The lowest BCUT2D eigenvalue weighted by Crippen LogP contribution is -2.09. The number of para-hydroxylation sites is 3. The fraction of sp³-hybridized carbons (Fsp3) is 0. The number of benzene rings is 7. The Balaban J connectivity index is 1.19. The SMILES string of the molecule is N#Cc1ccc(-c2cc(-c3ccc(-n4c5ccccc5c5cc(N(c6ccccc6)c6ccccc6)ccc54)c(C#N)c3)nc(-c3ccc(C#N)cc3)n2)cc1. The molecule has 2 heterocycles. The monoisotopic (exact) mass is 715 g/mol. The zero-order chi connectivity index (χ0) is 38.0. The second-order valence-corrected chi connectivity index (χ2v) is 13.2. The van der Waals surface area contributed by atoms with E-state index >= 15 is 0 Å². The third-order valence-electron chi connectivity index (χ3n) is 9.90. The van der Waals surface area contributed by atoms with Crippen molar-refractivity contribution in [3.05, 3.63) is 193 Å². The first-order valence-corrected chi connectivity index (χ1v) is 18.0. The van der Waals surface area contributed by atoms with Gasteiger partial charge in [0.2, 0.25) is 0 Å². The van der Waals surface area contributed by atoms with Gasteiger partial charge in [-0.05, 0) is 103 Å². The molecule has 0 aliphatic carbocycles. The lowest BCUT2D eigenvalue weighted by atomic mass is 10.0. The van der Waals surface area contributed by atoms with Gasteiger partial charge in [-0.25, -0.2) is 9.97 Å². The summed E-state index contributed by atoms with van der Waals surface area (Å²) < 4.78 is 2.16. The van der Waals surface area contributed by atoms with Crippen molar-refractivity contribution in [3.63, 3.8) is 0 Å². The molecule has 0 unspecified atom stereocenters. The molecule has 0 saturated carbocycles. The van der Waals surface area contributed by atoms with Crippen LogP contribution in [0.25, 0.3) is 61.4 Å². The highest BCUT2D eigenvalue weighted by molar-refractivity contribution is 6.11. The van der Waals surface area contributed by atoms with E-state index in [0.29, 0.717) is 33.9 Å². The standard InChI is InChI=1S/C49H29N7/c50-30-33-15-19-35(20-16-33)44-29-45(54-49(53-44)36-21-17-34(31-51)18-22-36)37-23-25-46(38(27-37)32-52)56-47-14-8-7-13-42(47)43-28-41(24-26-48(43)56)55(39-9-3-1-4-10-39)40-11-5-2-6-12-40/h1-29H. The summed E-state index contributed by atoms with van der Waals surface area (Å²) in [5, 5.41) is 31.6. The van der Waals surface area contributed by atoms with Gasteiger partial charge >= 0.3 is 0 Å². The predicted octanol–water partition coefficient (Wildman–Crippen LogP) is 11.7. The summed E-state index contributed by atoms with van der Waals surface area (Å²) in [5.74, 6) is 0.479. The van der Waals surface area contributed by atoms with E-state index in [1.165, 1.54) is 0 Å². The highest BCUT2D eigenvalue weighted by Gasteiger charge is 2.20. The molecule has 0 amide bonds. The molecule has 0 spiro atoms. The molecule has 7 heteroatoms. The average molecular weight is 716 g/mol. The minimum atomic E-state index is 0.479. The Bertz CT molecular complexity index is 2920. The lowest BCUT2D eigenvalue weighted by molar-refractivity contribution is 1.16. The van der Waals surface area contributed by atoms with Crippen LogP contribution in [-0.2, 0) is 0 Å². The normalized spacial score (nSPS) is 10.8. The molecule has 9 aromatic rings. The number of hydrogen-bond donors (Lipinski definition) is 0. The number of rotatable bonds is 7. The minimum absolute atomic E-state index is 0.479. The molecule has 0 radical (unpaired) electrons. The molecular weight excluding hydrogens is 687 g/mol. The molecule has 260 valence electrons. The van der Waals surface area contributed by atoms with Gasteiger partial charge in [0, 0.05) is 44.5 Å². The highest BCUT2D eigenvalue weighted by atomic mass is 15.1. The van der Waals surface area contributed by atoms with Crippen molar-refractivity contribution in [1.29, 1.82) is 15.8 Å². The number of aromatic nitrogens is 3. The first-order valence-electron chi connectivity index (χ1n) is 18.0. The van der Waals surface area contributed by atoms with Crippen LogP contribution in [0.1, 0.15) is 16.7 Å².